The van der Waals surface area contributed by atoms with Gasteiger partial charge >= 0.3 is 0 Å². The number of benzene rings is 3. The van der Waals surface area contributed by atoms with E-state index in [0.29, 0.717) is 19.8 Å². The first-order chi connectivity index (χ1) is 16.0. The highest BCUT2D eigenvalue weighted by molar-refractivity contribution is 6.80. The fourth-order valence-corrected chi connectivity index (χ4v) is 6.12. The summed E-state index contributed by atoms with van der Waals surface area (Å²) in [6.07, 6.45) is 2.95. The minimum atomic E-state index is -1.33. The van der Waals surface area contributed by atoms with E-state index in [1.807, 2.05) is 0 Å². The Labute approximate surface area is 200 Å². The van der Waals surface area contributed by atoms with Gasteiger partial charge in [-0.2, -0.15) is 0 Å². The zero-order chi connectivity index (χ0) is 23.1. The second kappa shape index (κ2) is 11.3. The number of hydrogen-bond acceptors (Lipinski definition) is 3. The number of rotatable bonds is 9. The van der Waals surface area contributed by atoms with Gasteiger partial charge in [-0.25, -0.2) is 0 Å². The molecule has 0 spiro atoms. The number of hydrogen-bond donors (Lipinski definition) is 0. The van der Waals surface area contributed by atoms with E-state index in [0.717, 1.165) is 19.3 Å². The highest BCUT2D eigenvalue weighted by Crippen LogP contribution is 2.26. The molecule has 0 unspecified atom stereocenters. The molecule has 0 atom stereocenters. The van der Waals surface area contributed by atoms with E-state index in [2.05, 4.69) is 99.6 Å². The molecule has 1 saturated heterocycles. The van der Waals surface area contributed by atoms with Crippen LogP contribution in [0.15, 0.2) is 78.9 Å². The third-order valence-corrected chi connectivity index (χ3v) is 8.24. The Hall–Kier alpha value is -2.24. The van der Waals surface area contributed by atoms with E-state index >= 15 is 0 Å². The largest absolute Gasteiger partial charge is 0.403 e. The van der Waals surface area contributed by atoms with Crippen molar-refractivity contribution < 1.29 is 13.9 Å². The van der Waals surface area contributed by atoms with Crippen molar-refractivity contribution in [3.05, 3.63) is 95.6 Å². The molecule has 0 amide bonds. The van der Waals surface area contributed by atoms with E-state index in [9.17, 15) is 0 Å². The van der Waals surface area contributed by atoms with Crippen LogP contribution in [0.4, 0.5) is 0 Å². The Bertz CT molecular complexity index is 953. The Kier molecular flexibility index (Phi) is 8.15. The molecule has 0 saturated carbocycles. The Morgan fingerprint density at radius 2 is 1.42 bits per heavy atom. The SMILES string of the molecule is CC(C)(C)c1ccc(CCCC2OCCO2)c(CO[Si](c2ccccc2)c2ccccc2)c1. The minimum absolute atomic E-state index is 0.0375. The molecule has 1 fully saturated rings. The molecule has 0 bridgehead atoms. The van der Waals surface area contributed by atoms with Gasteiger partial charge in [0.05, 0.1) is 19.8 Å². The second-order valence-corrected chi connectivity index (χ2v) is 11.7. The van der Waals surface area contributed by atoms with Gasteiger partial charge in [-0.05, 0) is 51.7 Å². The zero-order valence-corrected chi connectivity index (χ0v) is 21.1. The van der Waals surface area contributed by atoms with E-state index < -0.39 is 9.04 Å². The molecule has 0 N–H and O–H groups in total. The summed E-state index contributed by atoms with van der Waals surface area (Å²) in [5.74, 6) is 0. The molecular formula is C29H35O3Si. The topological polar surface area (TPSA) is 27.7 Å². The van der Waals surface area contributed by atoms with E-state index in [4.69, 9.17) is 13.9 Å². The normalized spacial score (nSPS) is 14.8. The standard InChI is InChI=1S/C29H35O3Si/c1-29(2,3)25-18-17-23(11-10-16-28-30-19-20-31-28)24(21-25)22-32-33(26-12-6-4-7-13-26)27-14-8-5-9-15-27/h4-9,12-15,17-18,21,28H,10-11,16,19-20,22H2,1-3H3. The van der Waals surface area contributed by atoms with E-state index in [1.165, 1.54) is 27.1 Å². The molecule has 173 valence electrons. The molecule has 0 aromatic heterocycles. The first kappa shape index (κ1) is 23.9. The van der Waals surface area contributed by atoms with Gasteiger partial charge in [0.2, 0.25) is 0 Å². The molecule has 1 aliphatic rings. The lowest BCUT2D eigenvalue weighted by Gasteiger charge is -2.23. The summed E-state index contributed by atoms with van der Waals surface area (Å²) in [5.41, 5.74) is 4.11. The third-order valence-electron chi connectivity index (χ3n) is 6.09. The molecule has 33 heavy (non-hydrogen) atoms. The molecule has 1 radical (unpaired) electrons. The lowest BCUT2D eigenvalue weighted by Crippen LogP contribution is -2.44. The van der Waals surface area contributed by atoms with Crippen LogP contribution in [0, 0.1) is 0 Å². The van der Waals surface area contributed by atoms with E-state index in [1.54, 1.807) is 0 Å². The van der Waals surface area contributed by atoms with Gasteiger partial charge in [0.1, 0.15) is 0 Å². The van der Waals surface area contributed by atoms with Crippen molar-refractivity contribution >= 4 is 19.4 Å². The maximum Gasteiger partial charge on any atom is 0.283 e. The summed E-state index contributed by atoms with van der Waals surface area (Å²) in [4.78, 5) is 0. The van der Waals surface area contributed by atoms with Crippen LogP contribution in [-0.2, 0) is 32.3 Å². The van der Waals surface area contributed by atoms with Crippen molar-refractivity contribution in [2.75, 3.05) is 13.2 Å². The van der Waals surface area contributed by atoms with Gasteiger partial charge in [0, 0.05) is 0 Å². The quantitative estimate of drug-likeness (QED) is 0.421. The van der Waals surface area contributed by atoms with Crippen LogP contribution >= 0.6 is 0 Å². The molecule has 3 aromatic rings. The van der Waals surface area contributed by atoms with Crippen LogP contribution in [0.5, 0.6) is 0 Å². The lowest BCUT2D eigenvalue weighted by atomic mass is 9.85. The van der Waals surface area contributed by atoms with Gasteiger partial charge in [-0.3, -0.25) is 0 Å². The lowest BCUT2D eigenvalue weighted by molar-refractivity contribution is -0.0475. The van der Waals surface area contributed by atoms with Gasteiger partial charge in [0.15, 0.2) is 6.29 Å². The minimum Gasteiger partial charge on any atom is -0.403 e. The molecular weight excluding hydrogens is 424 g/mol. The maximum absolute atomic E-state index is 6.74. The van der Waals surface area contributed by atoms with Crippen molar-refractivity contribution in [1.82, 2.24) is 0 Å². The first-order valence-electron chi connectivity index (χ1n) is 12.0. The van der Waals surface area contributed by atoms with Crippen molar-refractivity contribution in [3.63, 3.8) is 0 Å². The van der Waals surface area contributed by atoms with Crippen LogP contribution in [0.3, 0.4) is 0 Å². The highest BCUT2D eigenvalue weighted by atomic mass is 28.3. The van der Waals surface area contributed by atoms with Crippen LogP contribution in [0.2, 0.25) is 0 Å². The van der Waals surface area contributed by atoms with Crippen molar-refractivity contribution in [3.8, 4) is 0 Å². The summed E-state index contributed by atoms with van der Waals surface area (Å²) < 4.78 is 18.0. The summed E-state index contributed by atoms with van der Waals surface area (Å²) in [7, 11) is -1.33. The monoisotopic (exact) mass is 459 g/mol. The van der Waals surface area contributed by atoms with Crippen molar-refractivity contribution in [2.24, 2.45) is 0 Å². The molecule has 3 nitrogen and oxygen atoms in total. The van der Waals surface area contributed by atoms with Crippen LogP contribution in [-0.4, -0.2) is 28.5 Å². The predicted molar refractivity (Wildman–Crippen MR) is 136 cm³/mol. The fraction of sp³-hybridized carbons (Fsp3) is 0.379. The molecule has 0 aliphatic carbocycles. The molecule has 4 rings (SSSR count). The van der Waals surface area contributed by atoms with Gasteiger partial charge in [-0.1, -0.05) is 99.6 Å². The van der Waals surface area contributed by atoms with Crippen LogP contribution in [0.1, 0.15) is 50.3 Å². The Balaban J connectivity index is 1.54. The maximum atomic E-state index is 6.74. The van der Waals surface area contributed by atoms with Crippen molar-refractivity contribution in [2.45, 2.75) is 58.3 Å². The average Bonchev–Trinajstić information content (AvgIpc) is 3.34. The van der Waals surface area contributed by atoms with Gasteiger partial charge < -0.3 is 13.9 Å². The van der Waals surface area contributed by atoms with E-state index in [-0.39, 0.29) is 11.7 Å². The second-order valence-electron chi connectivity index (χ2n) is 9.65. The third kappa shape index (κ3) is 6.64. The van der Waals surface area contributed by atoms with Gasteiger partial charge in [-0.15, -0.1) is 0 Å². The molecule has 1 heterocycles. The van der Waals surface area contributed by atoms with Crippen LogP contribution in [0.25, 0.3) is 0 Å². The zero-order valence-electron chi connectivity index (χ0n) is 20.1. The Morgan fingerprint density at radius 1 is 0.818 bits per heavy atom. The summed E-state index contributed by atoms with van der Waals surface area (Å²) >= 11 is 0. The smallest absolute Gasteiger partial charge is 0.283 e. The van der Waals surface area contributed by atoms with Crippen LogP contribution < -0.4 is 10.4 Å². The summed E-state index contributed by atoms with van der Waals surface area (Å²) in [6.45, 7) is 8.86. The number of aryl methyl sites for hydroxylation is 1. The van der Waals surface area contributed by atoms with Crippen molar-refractivity contribution in [1.29, 1.82) is 0 Å². The highest BCUT2D eigenvalue weighted by Gasteiger charge is 2.21. The molecule has 3 aromatic carbocycles. The average molecular weight is 460 g/mol. The number of ether oxygens (including phenoxy) is 2. The Morgan fingerprint density at radius 3 is 2.00 bits per heavy atom. The van der Waals surface area contributed by atoms with Gasteiger partial charge in [0.25, 0.3) is 9.04 Å². The predicted octanol–water partition coefficient (Wildman–Crippen LogP) is 5.00. The summed E-state index contributed by atoms with van der Waals surface area (Å²) in [5, 5.41) is 2.55. The fourth-order valence-electron chi connectivity index (χ4n) is 4.17. The molecule has 4 heteroatoms. The first-order valence-corrected chi connectivity index (χ1v) is 13.4. The summed E-state index contributed by atoms with van der Waals surface area (Å²) in [6, 6.07) is 28.2. The molecule has 1 aliphatic heterocycles.